The van der Waals surface area contributed by atoms with Gasteiger partial charge in [0, 0.05) is 16.7 Å². The van der Waals surface area contributed by atoms with E-state index in [-0.39, 0.29) is 47.8 Å². The molecule has 1 aliphatic heterocycles. The van der Waals surface area contributed by atoms with E-state index in [0.29, 0.717) is 21.2 Å². The number of carbonyl (C=O) groups excluding carboxylic acids is 3. The summed E-state index contributed by atoms with van der Waals surface area (Å²) >= 11 is 5.87. The summed E-state index contributed by atoms with van der Waals surface area (Å²) < 4.78 is 16.6. The minimum atomic E-state index is -0.629. The molecular formula is C24H25ClFIN4O3S. The number of pyridine rings is 1. The molecule has 7 nitrogen and oxygen atoms in total. The summed E-state index contributed by atoms with van der Waals surface area (Å²) in [7, 11) is 1.07. The number of hydrogen-bond acceptors (Lipinski definition) is 4. The van der Waals surface area contributed by atoms with Crippen LogP contribution in [-0.2, 0) is 11.2 Å². The number of benzene rings is 1. The number of imide groups is 1. The number of aromatic nitrogens is 1. The number of nitrogens with zero attached hydrogens (tertiary/aromatic N) is 2. The summed E-state index contributed by atoms with van der Waals surface area (Å²) in [6, 6.07) is 6.63. The van der Waals surface area contributed by atoms with Crippen LogP contribution < -0.4 is 38.5 Å². The third-order valence-electron chi connectivity index (χ3n) is 5.18. The zero-order valence-corrected chi connectivity index (χ0v) is 23.3. The standard InChI is InChI=1S/C24H24ClFN4O3S.HI/c1-5-34(16(3)7-6-15(2)25)28-24(33)29(4)19-10-11-21(27-14-19)30-22(31)12-17-8-9-18(26)13-20(17)23(30)32;/h5-11,13-14H,12H2,1-4H3,(H,28,33);1H/b15-6+,16-7+;. The van der Waals surface area contributed by atoms with Crippen LogP contribution in [0.25, 0.3) is 0 Å². The Bertz CT molecular complexity index is 1240. The van der Waals surface area contributed by atoms with Gasteiger partial charge in [0.05, 0.1) is 19.7 Å². The highest BCUT2D eigenvalue weighted by Gasteiger charge is 2.33. The first kappa shape index (κ1) is 28.8. The molecule has 1 aromatic carbocycles. The van der Waals surface area contributed by atoms with E-state index in [1.54, 1.807) is 26.1 Å². The van der Waals surface area contributed by atoms with Crippen molar-refractivity contribution in [1.29, 1.82) is 0 Å². The normalized spacial score (nSPS) is 15.9. The van der Waals surface area contributed by atoms with Crippen LogP contribution >= 0.6 is 22.3 Å². The molecule has 0 bridgehead atoms. The van der Waals surface area contributed by atoms with Crippen LogP contribution in [-0.4, -0.2) is 35.2 Å². The average Bonchev–Trinajstić information content (AvgIpc) is 2.81. The van der Waals surface area contributed by atoms with Gasteiger partial charge in [-0.2, -0.15) is 0 Å². The Morgan fingerprint density at radius 3 is 2.54 bits per heavy atom. The van der Waals surface area contributed by atoms with Gasteiger partial charge < -0.3 is 24.0 Å². The lowest BCUT2D eigenvalue weighted by Gasteiger charge is -2.26. The van der Waals surface area contributed by atoms with Gasteiger partial charge in [-0.25, -0.2) is 24.0 Å². The van der Waals surface area contributed by atoms with E-state index in [2.05, 4.69) is 9.71 Å². The van der Waals surface area contributed by atoms with Crippen LogP contribution in [0.1, 0.15) is 36.7 Å². The molecule has 2 atom stereocenters. The maximum absolute atomic E-state index is 13.6. The van der Waals surface area contributed by atoms with Gasteiger partial charge in [0.15, 0.2) is 5.69 Å². The Morgan fingerprint density at radius 2 is 1.94 bits per heavy atom. The molecule has 0 spiro atoms. The number of halogens is 3. The smallest absolute Gasteiger partial charge is 0.429 e. The van der Waals surface area contributed by atoms with Gasteiger partial charge in [0.1, 0.15) is 11.6 Å². The van der Waals surface area contributed by atoms with Crippen molar-refractivity contribution in [3.63, 3.8) is 0 Å². The van der Waals surface area contributed by atoms with E-state index in [0.717, 1.165) is 15.9 Å². The fraction of sp³-hybridized carbons (Fsp3) is 0.208. The SMILES string of the molecule is C\C=S(NC(=O)[NH+](C)c1ccc(N2C(=O)Cc3ccc(F)cc3C2=O)nc1)/C(C)=C/C=C(\C)Cl.[I-]. The first-order chi connectivity index (χ1) is 16.1. The fourth-order valence-corrected chi connectivity index (χ4v) is 4.57. The Labute approximate surface area is 228 Å². The summed E-state index contributed by atoms with van der Waals surface area (Å²) in [5.41, 5.74) is 1.16. The molecule has 2 heterocycles. The minimum Gasteiger partial charge on any atom is -1.00 e. The van der Waals surface area contributed by atoms with Crippen LogP contribution in [0.4, 0.5) is 20.7 Å². The van der Waals surface area contributed by atoms with Crippen molar-refractivity contribution in [3.8, 4) is 0 Å². The molecule has 0 fully saturated rings. The largest absolute Gasteiger partial charge is 1.00 e. The molecule has 2 unspecified atom stereocenters. The number of hydrogen-bond donors (Lipinski definition) is 2. The lowest BCUT2D eigenvalue weighted by Crippen LogP contribution is -3.08. The van der Waals surface area contributed by atoms with E-state index in [9.17, 15) is 18.8 Å². The zero-order chi connectivity index (χ0) is 25.0. The maximum atomic E-state index is 13.6. The van der Waals surface area contributed by atoms with Gasteiger partial charge in [-0.1, -0.05) is 34.4 Å². The quantitative estimate of drug-likeness (QED) is 0.222. The minimum absolute atomic E-state index is 0. The Balaban J connectivity index is 0.00000432. The average molecular weight is 631 g/mol. The molecule has 11 heteroatoms. The molecule has 35 heavy (non-hydrogen) atoms. The maximum Gasteiger partial charge on any atom is 0.429 e. The molecule has 186 valence electrons. The molecule has 3 rings (SSSR count). The number of carbonyl (C=O) groups is 3. The predicted molar refractivity (Wildman–Crippen MR) is 134 cm³/mol. The van der Waals surface area contributed by atoms with Crippen LogP contribution in [0, 0.1) is 5.82 Å². The molecule has 4 amide bonds. The van der Waals surface area contributed by atoms with Gasteiger partial charge in [0.2, 0.25) is 5.91 Å². The van der Waals surface area contributed by atoms with Crippen molar-refractivity contribution in [1.82, 2.24) is 9.71 Å². The lowest BCUT2D eigenvalue weighted by molar-refractivity contribution is -0.717. The summed E-state index contributed by atoms with van der Waals surface area (Å²) in [6.45, 7) is 5.54. The van der Waals surface area contributed by atoms with Crippen LogP contribution in [0.2, 0.25) is 0 Å². The third kappa shape index (κ3) is 6.84. The van der Waals surface area contributed by atoms with Crippen LogP contribution in [0.3, 0.4) is 0 Å². The Hall–Kier alpha value is -2.41. The second-order valence-corrected chi connectivity index (χ2v) is 10.2. The number of fused-ring (bicyclic) bond motifs is 1. The Kier molecular flexibility index (Phi) is 10.3. The second kappa shape index (κ2) is 12.5. The molecule has 2 N–H and O–H groups in total. The van der Waals surface area contributed by atoms with Gasteiger partial charge in [-0.15, -0.1) is 0 Å². The number of urea groups is 1. The van der Waals surface area contributed by atoms with Crippen molar-refractivity contribution >= 4 is 57.0 Å². The topological polar surface area (TPSA) is 83.8 Å². The van der Waals surface area contributed by atoms with E-state index in [1.807, 2.05) is 25.3 Å². The first-order valence-electron chi connectivity index (χ1n) is 10.4. The van der Waals surface area contributed by atoms with Crippen LogP contribution in [0.5, 0.6) is 0 Å². The van der Waals surface area contributed by atoms with Crippen molar-refractivity contribution in [2.75, 3.05) is 11.9 Å². The van der Waals surface area contributed by atoms with Gasteiger partial charge in [0.25, 0.3) is 5.91 Å². The molecular weight excluding hydrogens is 606 g/mol. The van der Waals surface area contributed by atoms with E-state index < -0.39 is 28.3 Å². The second-order valence-electron chi connectivity index (χ2n) is 7.58. The number of amides is 4. The molecule has 1 aliphatic rings. The summed E-state index contributed by atoms with van der Waals surface area (Å²) in [4.78, 5) is 44.7. The molecule has 0 saturated heterocycles. The summed E-state index contributed by atoms with van der Waals surface area (Å²) in [5.74, 6) is -1.52. The summed E-state index contributed by atoms with van der Waals surface area (Å²) in [6.07, 6.45) is 5.03. The fourth-order valence-electron chi connectivity index (χ4n) is 3.29. The molecule has 0 radical (unpaired) electrons. The monoisotopic (exact) mass is 630 g/mol. The first-order valence-corrected chi connectivity index (χ1v) is 12.1. The van der Waals surface area contributed by atoms with E-state index in [1.165, 1.54) is 24.4 Å². The summed E-state index contributed by atoms with van der Waals surface area (Å²) in [5, 5.41) is 2.53. The number of allylic oxidation sites excluding steroid dienone is 4. The van der Waals surface area contributed by atoms with Crippen LogP contribution in [0.15, 0.2) is 58.6 Å². The molecule has 2 aromatic rings. The number of rotatable bonds is 5. The predicted octanol–water partition coefficient (Wildman–Crippen LogP) is 0.862. The number of quaternary nitrogens is 1. The lowest BCUT2D eigenvalue weighted by atomic mass is 9.98. The van der Waals surface area contributed by atoms with Crippen molar-refractivity contribution in [2.45, 2.75) is 27.2 Å². The third-order valence-corrected chi connectivity index (χ3v) is 7.01. The highest BCUT2D eigenvalue weighted by atomic mass is 127. The number of anilines is 1. The van der Waals surface area contributed by atoms with Crippen molar-refractivity contribution in [2.24, 2.45) is 0 Å². The Morgan fingerprint density at radius 1 is 1.23 bits per heavy atom. The van der Waals surface area contributed by atoms with E-state index in [4.69, 9.17) is 11.6 Å². The van der Waals surface area contributed by atoms with Crippen molar-refractivity contribution in [3.05, 3.63) is 75.6 Å². The zero-order valence-electron chi connectivity index (χ0n) is 19.6. The highest BCUT2D eigenvalue weighted by molar-refractivity contribution is 8.17. The van der Waals surface area contributed by atoms with Gasteiger partial charge in [-0.3, -0.25) is 14.3 Å². The highest BCUT2D eigenvalue weighted by Crippen LogP contribution is 2.25. The molecule has 1 aromatic heterocycles. The molecule has 0 aliphatic carbocycles. The van der Waals surface area contributed by atoms with Crippen molar-refractivity contribution < 1.29 is 47.7 Å². The van der Waals surface area contributed by atoms with E-state index >= 15 is 0 Å². The van der Waals surface area contributed by atoms with Gasteiger partial charge in [-0.05, 0) is 60.9 Å². The number of nitrogens with one attached hydrogen (secondary N) is 2. The molecule has 0 saturated carbocycles. The van der Waals surface area contributed by atoms with Gasteiger partial charge >= 0.3 is 6.03 Å².